The van der Waals surface area contributed by atoms with Gasteiger partial charge < -0.3 is 10.0 Å². The van der Waals surface area contributed by atoms with Crippen LogP contribution in [0.1, 0.15) is 30.4 Å². The highest BCUT2D eigenvalue weighted by molar-refractivity contribution is 6.32. The molecule has 1 heterocycles. The van der Waals surface area contributed by atoms with Crippen molar-refractivity contribution in [3.63, 3.8) is 0 Å². The van der Waals surface area contributed by atoms with Crippen molar-refractivity contribution in [3.8, 4) is 0 Å². The molecular formula is C13H14ClNO3. The largest absolute Gasteiger partial charge is 0.481 e. The molecule has 1 aliphatic heterocycles. The van der Waals surface area contributed by atoms with E-state index in [9.17, 15) is 9.59 Å². The molecule has 4 nitrogen and oxygen atoms in total. The van der Waals surface area contributed by atoms with Gasteiger partial charge in [-0.15, -0.1) is 0 Å². The third-order valence-electron chi connectivity index (χ3n) is 3.31. The lowest BCUT2D eigenvalue weighted by atomic mass is 9.96. The number of halogens is 1. The van der Waals surface area contributed by atoms with Gasteiger partial charge in [0, 0.05) is 24.4 Å². The summed E-state index contributed by atoms with van der Waals surface area (Å²) < 4.78 is 0. The quantitative estimate of drug-likeness (QED) is 0.896. The van der Waals surface area contributed by atoms with E-state index in [4.69, 9.17) is 16.7 Å². The Kier molecular flexibility index (Phi) is 3.30. The number of rotatable bonds is 2. The Labute approximate surface area is 110 Å². The number of carboxylic acids is 1. The fraction of sp³-hybridized carbons (Fsp3) is 0.385. The van der Waals surface area contributed by atoms with E-state index in [0.717, 1.165) is 16.8 Å². The average molecular weight is 268 g/mol. The number of fused-ring (bicyclic) bond motifs is 1. The summed E-state index contributed by atoms with van der Waals surface area (Å²) in [5.41, 5.74) is 2.51. The molecule has 1 aliphatic rings. The van der Waals surface area contributed by atoms with Gasteiger partial charge in [0.05, 0.1) is 12.1 Å². The summed E-state index contributed by atoms with van der Waals surface area (Å²) in [5, 5.41) is 9.51. The summed E-state index contributed by atoms with van der Waals surface area (Å²) in [4.78, 5) is 24.1. The van der Waals surface area contributed by atoms with Crippen LogP contribution in [0.3, 0.4) is 0 Å². The number of hydrogen-bond acceptors (Lipinski definition) is 2. The van der Waals surface area contributed by atoms with Crippen molar-refractivity contribution in [1.82, 2.24) is 0 Å². The highest BCUT2D eigenvalue weighted by atomic mass is 35.5. The standard InChI is InChI=1S/C13H14ClNO3/c1-7-11(14)4-3-10-9(5-12(17)18)6-15(8(2)16)13(7)10/h3-4,9H,5-6H2,1-2H3,(H,17,18). The van der Waals surface area contributed by atoms with Crippen molar-refractivity contribution in [1.29, 1.82) is 0 Å². The Morgan fingerprint density at radius 3 is 2.72 bits per heavy atom. The van der Waals surface area contributed by atoms with Crippen molar-refractivity contribution in [2.45, 2.75) is 26.2 Å². The van der Waals surface area contributed by atoms with Gasteiger partial charge in [-0.05, 0) is 24.1 Å². The van der Waals surface area contributed by atoms with E-state index < -0.39 is 5.97 Å². The number of aliphatic carboxylic acids is 1. The van der Waals surface area contributed by atoms with Crippen LogP contribution in [-0.2, 0) is 9.59 Å². The summed E-state index contributed by atoms with van der Waals surface area (Å²) in [6.45, 7) is 3.74. The van der Waals surface area contributed by atoms with E-state index >= 15 is 0 Å². The Morgan fingerprint density at radius 2 is 2.17 bits per heavy atom. The molecule has 0 spiro atoms. The van der Waals surface area contributed by atoms with Gasteiger partial charge in [-0.2, -0.15) is 0 Å². The van der Waals surface area contributed by atoms with Gasteiger partial charge in [-0.25, -0.2) is 0 Å². The second kappa shape index (κ2) is 4.61. The minimum atomic E-state index is -0.857. The average Bonchev–Trinajstić information content (AvgIpc) is 2.62. The van der Waals surface area contributed by atoms with Crippen LogP contribution in [0.5, 0.6) is 0 Å². The molecule has 1 aromatic carbocycles. The molecule has 5 heteroatoms. The van der Waals surface area contributed by atoms with Crippen molar-refractivity contribution in [2.75, 3.05) is 11.4 Å². The summed E-state index contributed by atoms with van der Waals surface area (Å²) in [5.74, 6) is -1.10. The second-order valence-corrected chi connectivity index (χ2v) is 4.94. The minimum absolute atomic E-state index is 0.0256. The fourth-order valence-electron chi connectivity index (χ4n) is 2.47. The van der Waals surface area contributed by atoms with Crippen LogP contribution < -0.4 is 4.90 Å². The number of benzene rings is 1. The van der Waals surface area contributed by atoms with Crippen molar-refractivity contribution >= 4 is 29.2 Å². The Hall–Kier alpha value is -1.55. The molecule has 18 heavy (non-hydrogen) atoms. The van der Waals surface area contributed by atoms with Crippen molar-refractivity contribution in [2.24, 2.45) is 0 Å². The van der Waals surface area contributed by atoms with Gasteiger partial charge in [0.25, 0.3) is 0 Å². The zero-order valence-corrected chi connectivity index (χ0v) is 11.0. The van der Waals surface area contributed by atoms with Gasteiger partial charge in [-0.3, -0.25) is 9.59 Å². The first-order valence-electron chi connectivity index (χ1n) is 5.70. The highest BCUT2D eigenvalue weighted by Crippen LogP contribution is 2.42. The van der Waals surface area contributed by atoms with Crippen LogP contribution in [0.15, 0.2) is 12.1 Å². The van der Waals surface area contributed by atoms with E-state index in [1.807, 2.05) is 13.0 Å². The molecule has 0 saturated heterocycles. The number of carbonyl (C=O) groups is 2. The van der Waals surface area contributed by atoms with Gasteiger partial charge in [0.2, 0.25) is 5.91 Å². The predicted octanol–water partition coefficient (Wildman–Crippen LogP) is 2.57. The smallest absolute Gasteiger partial charge is 0.304 e. The maximum Gasteiger partial charge on any atom is 0.304 e. The predicted molar refractivity (Wildman–Crippen MR) is 69.2 cm³/mol. The van der Waals surface area contributed by atoms with Gasteiger partial charge in [-0.1, -0.05) is 17.7 Å². The van der Waals surface area contributed by atoms with Crippen LogP contribution in [0, 0.1) is 6.92 Å². The monoisotopic (exact) mass is 267 g/mol. The van der Waals surface area contributed by atoms with Crippen molar-refractivity contribution < 1.29 is 14.7 Å². The van der Waals surface area contributed by atoms with E-state index in [2.05, 4.69) is 0 Å². The number of amides is 1. The molecule has 0 aliphatic carbocycles. The molecule has 96 valence electrons. The number of anilines is 1. The van der Waals surface area contributed by atoms with Gasteiger partial charge in [0.1, 0.15) is 0 Å². The number of hydrogen-bond donors (Lipinski definition) is 1. The molecule has 0 aromatic heterocycles. The van der Waals surface area contributed by atoms with E-state index in [-0.39, 0.29) is 18.2 Å². The maximum absolute atomic E-state index is 11.6. The van der Waals surface area contributed by atoms with Gasteiger partial charge in [0.15, 0.2) is 0 Å². The van der Waals surface area contributed by atoms with Crippen LogP contribution >= 0.6 is 11.6 Å². The Morgan fingerprint density at radius 1 is 1.50 bits per heavy atom. The maximum atomic E-state index is 11.6. The first kappa shape index (κ1) is 12.9. The molecule has 0 radical (unpaired) electrons. The van der Waals surface area contributed by atoms with Crippen molar-refractivity contribution in [3.05, 3.63) is 28.3 Å². The summed E-state index contributed by atoms with van der Waals surface area (Å²) >= 11 is 6.06. The normalized spacial score (nSPS) is 17.7. The number of nitrogens with zero attached hydrogens (tertiary/aromatic N) is 1. The lowest BCUT2D eigenvalue weighted by Gasteiger charge is -2.17. The first-order valence-corrected chi connectivity index (χ1v) is 6.08. The molecular weight excluding hydrogens is 254 g/mol. The topological polar surface area (TPSA) is 57.6 Å². The lowest BCUT2D eigenvalue weighted by molar-refractivity contribution is -0.137. The molecule has 0 fully saturated rings. The number of carbonyl (C=O) groups excluding carboxylic acids is 1. The molecule has 0 saturated carbocycles. The molecule has 1 aromatic rings. The SMILES string of the molecule is CC(=O)N1CC(CC(=O)O)c2ccc(Cl)c(C)c21. The molecule has 0 bridgehead atoms. The summed E-state index contributed by atoms with van der Waals surface area (Å²) in [6.07, 6.45) is 0.0256. The lowest BCUT2D eigenvalue weighted by Crippen LogP contribution is -2.28. The zero-order valence-electron chi connectivity index (χ0n) is 10.2. The molecule has 1 unspecified atom stereocenters. The Bertz CT molecular complexity index is 527. The van der Waals surface area contributed by atoms with Crippen LogP contribution in [0.2, 0.25) is 5.02 Å². The van der Waals surface area contributed by atoms with Crippen LogP contribution in [0.25, 0.3) is 0 Å². The minimum Gasteiger partial charge on any atom is -0.481 e. The second-order valence-electron chi connectivity index (χ2n) is 4.53. The molecule has 1 N–H and O–H groups in total. The van der Waals surface area contributed by atoms with Crippen LogP contribution in [-0.4, -0.2) is 23.5 Å². The van der Waals surface area contributed by atoms with E-state index in [0.29, 0.717) is 11.6 Å². The third-order valence-corrected chi connectivity index (χ3v) is 3.72. The third kappa shape index (κ3) is 2.08. The van der Waals surface area contributed by atoms with Gasteiger partial charge >= 0.3 is 5.97 Å². The molecule has 1 amide bonds. The fourth-order valence-corrected chi connectivity index (χ4v) is 2.62. The number of carboxylic acid groups (broad SMARTS) is 1. The summed E-state index contributed by atoms with van der Waals surface area (Å²) in [6, 6.07) is 3.58. The molecule has 1 atom stereocenters. The van der Waals surface area contributed by atoms with E-state index in [1.54, 1.807) is 11.0 Å². The zero-order chi connectivity index (χ0) is 13.4. The van der Waals surface area contributed by atoms with Crippen LogP contribution in [0.4, 0.5) is 5.69 Å². The highest BCUT2D eigenvalue weighted by Gasteiger charge is 2.33. The van der Waals surface area contributed by atoms with E-state index in [1.165, 1.54) is 6.92 Å². The first-order chi connectivity index (χ1) is 8.41. The summed E-state index contributed by atoms with van der Waals surface area (Å²) in [7, 11) is 0. The molecule has 2 rings (SSSR count). The Balaban J connectivity index is 2.50.